The largest absolute Gasteiger partial charge is 0.354 e. The number of H-pyrrole nitrogens is 1. The fraction of sp³-hybridized carbons (Fsp3) is 0.269. The average molecular weight is 459 g/mol. The molecular formula is C26H30N6O2. The lowest BCUT2D eigenvalue weighted by molar-refractivity contribution is 0.243. The van der Waals surface area contributed by atoms with Crippen molar-refractivity contribution in [2.75, 3.05) is 44.2 Å². The Kier molecular flexibility index (Phi) is 7.39. The lowest BCUT2D eigenvalue weighted by Crippen LogP contribution is -2.47. The molecule has 0 bridgehead atoms. The van der Waals surface area contributed by atoms with Crippen molar-refractivity contribution in [2.45, 2.75) is 6.42 Å². The molecular weight excluding hydrogens is 428 g/mol. The Morgan fingerprint density at radius 2 is 1.97 bits per heavy atom. The topological polar surface area (TPSA) is 86.3 Å². The molecule has 3 heterocycles. The number of amides is 1. The maximum atomic E-state index is 12.8. The Balaban J connectivity index is 1.39. The van der Waals surface area contributed by atoms with E-state index in [4.69, 9.17) is 0 Å². The van der Waals surface area contributed by atoms with E-state index in [1.54, 1.807) is 18.2 Å². The molecule has 8 nitrogen and oxygen atoms in total. The van der Waals surface area contributed by atoms with E-state index in [1.807, 2.05) is 42.6 Å². The van der Waals surface area contributed by atoms with Crippen LogP contribution in [-0.4, -0.2) is 64.7 Å². The summed E-state index contributed by atoms with van der Waals surface area (Å²) in [6.45, 7) is 12.4. The smallest absolute Gasteiger partial charge is 0.334 e. The highest BCUT2D eigenvalue weighted by Crippen LogP contribution is 2.16. The number of allylic oxidation sites excluding steroid dienone is 2. The number of carbonyl (C=O) groups is 1. The third kappa shape index (κ3) is 5.35. The van der Waals surface area contributed by atoms with Gasteiger partial charge in [0.2, 0.25) is 0 Å². The Morgan fingerprint density at radius 3 is 2.68 bits per heavy atom. The fourth-order valence-electron chi connectivity index (χ4n) is 4.14. The average Bonchev–Trinajstić information content (AvgIpc) is 3.21. The minimum atomic E-state index is -0.476. The maximum absolute atomic E-state index is 12.8. The predicted octanol–water partition coefficient (Wildman–Crippen LogP) is 2.95. The molecule has 4 rings (SSSR count). The van der Waals surface area contributed by atoms with Crippen LogP contribution in [0.1, 0.15) is 5.56 Å². The predicted molar refractivity (Wildman–Crippen MR) is 136 cm³/mol. The SMILES string of the molecule is C=C/C=C(\C=C)CNC(=O)n1c(=O)[nH]c2ccc(CCN3CCN(c4ccccn4)CC3)cc21. The number of piperazine rings is 1. The van der Waals surface area contributed by atoms with Crippen LogP contribution in [0, 0.1) is 0 Å². The third-order valence-corrected chi connectivity index (χ3v) is 6.05. The highest BCUT2D eigenvalue weighted by Gasteiger charge is 2.18. The number of rotatable bonds is 8. The number of nitrogens with zero attached hydrogens (tertiary/aromatic N) is 4. The number of hydrogen-bond acceptors (Lipinski definition) is 5. The van der Waals surface area contributed by atoms with Gasteiger partial charge in [-0.1, -0.05) is 43.5 Å². The highest BCUT2D eigenvalue weighted by atomic mass is 16.2. The Hall–Kier alpha value is -3.91. The van der Waals surface area contributed by atoms with Crippen LogP contribution in [0.15, 0.2) is 84.3 Å². The van der Waals surface area contributed by atoms with Crippen molar-refractivity contribution in [1.29, 1.82) is 0 Å². The number of anilines is 1. The van der Waals surface area contributed by atoms with E-state index >= 15 is 0 Å². The van der Waals surface area contributed by atoms with Crippen LogP contribution in [0.5, 0.6) is 0 Å². The number of benzene rings is 1. The summed E-state index contributed by atoms with van der Waals surface area (Å²) in [5, 5.41) is 2.77. The summed E-state index contributed by atoms with van der Waals surface area (Å²) in [5.41, 5.74) is 2.65. The molecule has 1 aliphatic rings. The molecule has 1 amide bonds. The second-order valence-corrected chi connectivity index (χ2v) is 8.22. The summed E-state index contributed by atoms with van der Waals surface area (Å²) in [4.78, 5) is 37.2. The van der Waals surface area contributed by atoms with Gasteiger partial charge >= 0.3 is 11.7 Å². The second-order valence-electron chi connectivity index (χ2n) is 8.22. The zero-order valence-electron chi connectivity index (χ0n) is 19.2. The zero-order chi connectivity index (χ0) is 23.9. The zero-order valence-corrected chi connectivity index (χ0v) is 19.2. The molecule has 176 valence electrons. The molecule has 0 saturated carbocycles. The first-order valence-electron chi connectivity index (χ1n) is 11.4. The molecule has 0 unspecified atom stereocenters. The van der Waals surface area contributed by atoms with Gasteiger partial charge in [-0.25, -0.2) is 19.1 Å². The maximum Gasteiger partial charge on any atom is 0.334 e. The van der Waals surface area contributed by atoms with Gasteiger partial charge < -0.3 is 15.2 Å². The Labute approximate surface area is 198 Å². The quantitative estimate of drug-likeness (QED) is 0.507. The van der Waals surface area contributed by atoms with E-state index < -0.39 is 11.7 Å². The minimum Gasteiger partial charge on any atom is -0.354 e. The van der Waals surface area contributed by atoms with Gasteiger partial charge in [-0.3, -0.25) is 4.90 Å². The van der Waals surface area contributed by atoms with Crippen LogP contribution >= 0.6 is 0 Å². The molecule has 8 heteroatoms. The standard InChI is InChI=1S/C26H30N6O2/c1-3-7-20(4-2)19-28-25(33)32-23-18-21(9-10-22(23)29-26(32)34)11-13-30-14-16-31(17-15-30)24-8-5-6-12-27-24/h3-10,12,18H,1-2,11,13-17,19H2,(H,28,33)(H,29,34)/b20-7+. The van der Waals surface area contributed by atoms with Crippen LogP contribution in [-0.2, 0) is 6.42 Å². The fourth-order valence-corrected chi connectivity index (χ4v) is 4.14. The van der Waals surface area contributed by atoms with Crippen LogP contribution in [0.2, 0.25) is 0 Å². The van der Waals surface area contributed by atoms with Gasteiger partial charge in [0.1, 0.15) is 5.82 Å². The molecule has 3 aromatic rings. The summed E-state index contributed by atoms with van der Waals surface area (Å²) in [5.74, 6) is 1.02. The molecule has 1 saturated heterocycles. The van der Waals surface area contributed by atoms with Gasteiger partial charge in [0, 0.05) is 45.5 Å². The molecule has 0 aliphatic carbocycles. The van der Waals surface area contributed by atoms with Crippen molar-refractivity contribution < 1.29 is 4.79 Å². The molecule has 2 aromatic heterocycles. The molecule has 0 radical (unpaired) electrons. The number of imidazole rings is 1. The van der Waals surface area contributed by atoms with Gasteiger partial charge in [0.25, 0.3) is 0 Å². The molecule has 34 heavy (non-hydrogen) atoms. The number of aromatic nitrogens is 3. The number of carbonyl (C=O) groups excluding carboxylic acids is 1. The summed E-state index contributed by atoms with van der Waals surface area (Å²) in [6, 6.07) is 11.3. The van der Waals surface area contributed by atoms with Gasteiger partial charge in [-0.15, -0.1) is 0 Å². The summed E-state index contributed by atoms with van der Waals surface area (Å²) >= 11 is 0. The second kappa shape index (κ2) is 10.8. The summed E-state index contributed by atoms with van der Waals surface area (Å²) < 4.78 is 1.15. The van der Waals surface area contributed by atoms with E-state index in [0.29, 0.717) is 11.0 Å². The number of pyridine rings is 1. The van der Waals surface area contributed by atoms with Crippen molar-refractivity contribution in [1.82, 2.24) is 24.8 Å². The number of hydrogen-bond donors (Lipinski definition) is 2. The lowest BCUT2D eigenvalue weighted by Gasteiger charge is -2.35. The first-order chi connectivity index (χ1) is 16.6. The van der Waals surface area contributed by atoms with Gasteiger partial charge in [0.05, 0.1) is 11.0 Å². The van der Waals surface area contributed by atoms with Gasteiger partial charge in [0.15, 0.2) is 0 Å². The van der Waals surface area contributed by atoms with Crippen molar-refractivity contribution in [3.63, 3.8) is 0 Å². The van der Waals surface area contributed by atoms with Crippen molar-refractivity contribution in [3.05, 3.63) is 95.6 Å². The van der Waals surface area contributed by atoms with Crippen molar-refractivity contribution >= 4 is 22.9 Å². The van der Waals surface area contributed by atoms with Crippen LogP contribution in [0.4, 0.5) is 10.6 Å². The van der Waals surface area contributed by atoms with Crippen molar-refractivity contribution in [3.8, 4) is 0 Å². The number of aromatic amines is 1. The van der Waals surface area contributed by atoms with E-state index in [1.165, 1.54) is 0 Å². The summed E-state index contributed by atoms with van der Waals surface area (Å²) in [6.07, 6.45) is 7.71. The van der Waals surface area contributed by atoms with Crippen molar-refractivity contribution in [2.24, 2.45) is 0 Å². The van der Waals surface area contributed by atoms with Crippen LogP contribution in [0.3, 0.4) is 0 Å². The Bertz CT molecular complexity index is 1250. The number of nitrogens with one attached hydrogen (secondary N) is 2. The third-order valence-electron chi connectivity index (χ3n) is 6.05. The van der Waals surface area contributed by atoms with Gasteiger partial charge in [-0.2, -0.15) is 0 Å². The molecule has 0 spiro atoms. The van der Waals surface area contributed by atoms with Crippen LogP contribution < -0.4 is 15.9 Å². The van der Waals surface area contributed by atoms with E-state index in [-0.39, 0.29) is 6.54 Å². The molecule has 0 atom stereocenters. The molecule has 1 aliphatic heterocycles. The molecule has 1 aromatic carbocycles. The minimum absolute atomic E-state index is 0.262. The molecule has 2 N–H and O–H groups in total. The first kappa shape index (κ1) is 23.3. The lowest BCUT2D eigenvalue weighted by atomic mass is 10.1. The highest BCUT2D eigenvalue weighted by molar-refractivity contribution is 5.89. The van der Waals surface area contributed by atoms with E-state index in [0.717, 1.165) is 60.7 Å². The van der Waals surface area contributed by atoms with Crippen LogP contribution in [0.25, 0.3) is 11.0 Å². The van der Waals surface area contributed by atoms with E-state index in [2.05, 4.69) is 38.2 Å². The Morgan fingerprint density at radius 1 is 1.15 bits per heavy atom. The number of fused-ring (bicyclic) bond motifs is 1. The normalized spacial score (nSPS) is 14.8. The summed E-state index contributed by atoms with van der Waals surface area (Å²) in [7, 11) is 0. The first-order valence-corrected chi connectivity index (χ1v) is 11.4. The van der Waals surface area contributed by atoms with E-state index in [9.17, 15) is 9.59 Å². The molecule has 1 fully saturated rings. The monoisotopic (exact) mass is 458 g/mol. The van der Waals surface area contributed by atoms with Gasteiger partial charge in [-0.05, 0) is 41.8 Å².